The summed E-state index contributed by atoms with van der Waals surface area (Å²) < 4.78 is 16.7. The van der Waals surface area contributed by atoms with Crippen LogP contribution >= 0.6 is 0 Å². The monoisotopic (exact) mass is 751 g/mol. The van der Waals surface area contributed by atoms with Gasteiger partial charge in [-0.2, -0.15) is 0 Å². The van der Waals surface area contributed by atoms with Crippen LogP contribution in [0.4, 0.5) is 0 Å². The molecule has 0 aliphatic rings. The first-order chi connectivity index (χ1) is 25.6. The van der Waals surface area contributed by atoms with Gasteiger partial charge in [0.2, 0.25) is 0 Å². The van der Waals surface area contributed by atoms with Crippen molar-refractivity contribution in [2.45, 2.75) is 253 Å². The van der Waals surface area contributed by atoms with E-state index in [9.17, 15) is 14.4 Å². The van der Waals surface area contributed by atoms with Gasteiger partial charge in [-0.05, 0) is 37.0 Å². The molecule has 0 aromatic carbocycles. The molecule has 1 unspecified atom stereocenters. The number of carbonyl (C=O) groups excluding carboxylic acids is 3. The molecule has 2 atom stereocenters. The smallest absolute Gasteiger partial charge is 0.306 e. The van der Waals surface area contributed by atoms with Crippen LogP contribution < -0.4 is 0 Å². The van der Waals surface area contributed by atoms with Crippen LogP contribution in [0.15, 0.2) is 0 Å². The molecule has 53 heavy (non-hydrogen) atoms. The van der Waals surface area contributed by atoms with Crippen LogP contribution in [0, 0.1) is 17.8 Å². The molecule has 0 N–H and O–H groups in total. The lowest BCUT2D eigenvalue weighted by atomic mass is 10.00. The summed E-state index contributed by atoms with van der Waals surface area (Å²) in [6.07, 6.45) is 35.3. The zero-order chi connectivity index (χ0) is 39.2. The Morgan fingerprint density at radius 1 is 0.377 bits per heavy atom. The van der Waals surface area contributed by atoms with E-state index in [2.05, 4.69) is 41.5 Å². The fraction of sp³-hybridized carbons (Fsp3) is 0.936. The maximum Gasteiger partial charge on any atom is 0.306 e. The molecule has 6 nitrogen and oxygen atoms in total. The maximum absolute atomic E-state index is 12.7. The van der Waals surface area contributed by atoms with Crippen LogP contribution in [0.5, 0.6) is 0 Å². The Labute approximate surface area is 329 Å². The molecule has 0 aromatic heterocycles. The van der Waals surface area contributed by atoms with E-state index >= 15 is 0 Å². The van der Waals surface area contributed by atoms with Crippen molar-refractivity contribution in [1.82, 2.24) is 0 Å². The Morgan fingerprint density at radius 2 is 0.660 bits per heavy atom. The van der Waals surface area contributed by atoms with Gasteiger partial charge >= 0.3 is 17.9 Å². The summed E-state index contributed by atoms with van der Waals surface area (Å²) in [5, 5.41) is 0. The molecule has 6 heteroatoms. The number of unbranched alkanes of at least 4 members (excludes halogenated alkanes) is 22. The summed E-state index contributed by atoms with van der Waals surface area (Å²) in [4.78, 5) is 37.7. The van der Waals surface area contributed by atoms with E-state index in [1.165, 1.54) is 128 Å². The van der Waals surface area contributed by atoms with Gasteiger partial charge in [0.1, 0.15) is 13.2 Å². The highest BCUT2D eigenvalue weighted by atomic mass is 16.6. The Kier molecular flexibility index (Phi) is 37.5. The highest BCUT2D eigenvalue weighted by molar-refractivity contribution is 5.71. The van der Waals surface area contributed by atoms with Crippen molar-refractivity contribution >= 4 is 17.9 Å². The molecule has 0 heterocycles. The first kappa shape index (κ1) is 51.4. The van der Waals surface area contributed by atoms with Gasteiger partial charge in [0.05, 0.1) is 0 Å². The fourth-order valence-electron chi connectivity index (χ4n) is 6.85. The standard InChI is InChI=1S/C47H90O6/c1-7-43(6)35-29-23-18-20-25-31-37-46(49)52-40-44(53-47(50)38-32-26-19-17-22-28-34-42(4)5)39-51-45(48)36-30-24-16-14-12-10-8-9-11-13-15-21-27-33-41(2)3/h41-44H,7-40H2,1-6H3/t43?,44-/m0/s1. The van der Waals surface area contributed by atoms with Gasteiger partial charge in [0, 0.05) is 19.3 Å². The van der Waals surface area contributed by atoms with Crippen LogP contribution in [-0.4, -0.2) is 37.2 Å². The molecule has 0 saturated carbocycles. The second-order valence-corrected chi connectivity index (χ2v) is 17.2. The SMILES string of the molecule is CCC(C)CCCCCCCCC(=O)OC[C@H](COC(=O)CCCCCCCCCCCCCCCC(C)C)OC(=O)CCCCCCCCC(C)C. The average molecular weight is 751 g/mol. The minimum absolute atomic E-state index is 0.0672. The lowest BCUT2D eigenvalue weighted by Gasteiger charge is -2.18. The molecule has 0 bridgehead atoms. The minimum Gasteiger partial charge on any atom is -0.462 e. The van der Waals surface area contributed by atoms with E-state index in [1.807, 2.05) is 0 Å². The van der Waals surface area contributed by atoms with Gasteiger partial charge in [0.25, 0.3) is 0 Å². The lowest BCUT2D eigenvalue weighted by Crippen LogP contribution is -2.30. The highest BCUT2D eigenvalue weighted by Crippen LogP contribution is 2.17. The molecule has 0 saturated heterocycles. The molecule has 0 rings (SSSR count). The number of ether oxygens (including phenoxy) is 3. The first-order valence-corrected chi connectivity index (χ1v) is 23.1. The Hall–Kier alpha value is -1.59. The normalized spacial score (nSPS) is 12.7. The van der Waals surface area contributed by atoms with Crippen LogP contribution in [0.2, 0.25) is 0 Å². The van der Waals surface area contributed by atoms with Gasteiger partial charge in [-0.15, -0.1) is 0 Å². The van der Waals surface area contributed by atoms with Gasteiger partial charge in [-0.3, -0.25) is 14.4 Å². The third kappa shape index (κ3) is 39.9. The molecular weight excluding hydrogens is 661 g/mol. The molecular formula is C47H90O6. The predicted octanol–water partition coefficient (Wildman–Crippen LogP) is 14.4. The van der Waals surface area contributed by atoms with E-state index in [0.717, 1.165) is 75.5 Å². The van der Waals surface area contributed by atoms with Crippen molar-refractivity contribution in [3.8, 4) is 0 Å². The second kappa shape index (κ2) is 38.7. The lowest BCUT2D eigenvalue weighted by molar-refractivity contribution is -0.167. The predicted molar refractivity (Wildman–Crippen MR) is 224 cm³/mol. The van der Waals surface area contributed by atoms with E-state index in [-0.39, 0.29) is 31.1 Å². The summed E-state index contributed by atoms with van der Waals surface area (Å²) in [6, 6.07) is 0. The van der Waals surface area contributed by atoms with E-state index in [4.69, 9.17) is 14.2 Å². The van der Waals surface area contributed by atoms with Gasteiger partial charge < -0.3 is 14.2 Å². The molecule has 0 spiro atoms. The van der Waals surface area contributed by atoms with Gasteiger partial charge in [-0.1, -0.05) is 208 Å². The highest BCUT2D eigenvalue weighted by Gasteiger charge is 2.19. The van der Waals surface area contributed by atoms with Crippen molar-refractivity contribution in [2.75, 3.05) is 13.2 Å². The molecule has 0 aliphatic heterocycles. The van der Waals surface area contributed by atoms with Crippen molar-refractivity contribution in [3.05, 3.63) is 0 Å². The van der Waals surface area contributed by atoms with E-state index in [0.29, 0.717) is 19.3 Å². The van der Waals surface area contributed by atoms with Crippen LogP contribution in [-0.2, 0) is 28.6 Å². The van der Waals surface area contributed by atoms with Crippen LogP contribution in [0.3, 0.4) is 0 Å². The summed E-state index contributed by atoms with van der Waals surface area (Å²) in [5.74, 6) is 1.54. The average Bonchev–Trinajstić information content (AvgIpc) is 3.12. The summed E-state index contributed by atoms with van der Waals surface area (Å²) in [5.41, 5.74) is 0. The zero-order valence-corrected chi connectivity index (χ0v) is 36.3. The molecule has 0 radical (unpaired) electrons. The van der Waals surface area contributed by atoms with Crippen molar-refractivity contribution in [1.29, 1.82) is 0 Å². The molecule has 0 amide bonds. The van der Waals surface area contributed by atoms with Crippen LogP contribution in [0.25, 0.3) is 0 Å². The van der Waals surface area contributed by atoms with Crippen molar-refractivity contribution in [2.24, 2.45) is 17.8 Å². The quantitative estimate of drug-likeness (QED) is 0.0352. The van der Waals surface area contributed by atoms with Gasteiger partial charge in [0.15, 0.2) is 6.10 Å². The van der Waals surface area contributed by atoms with Crippen molar-refractivity contribution < 1.29 is 28.6 Å². The Balaban J connectivity index is 4.28. The second-order valence-electron chi connectivity index (χ2n) is 17.2. The third-order valence-corrected chi connectivity index (χ3v) is 10.8. The zero-order valence-electron chi connectivity index (χ0n) is 36.3. The van der Waals surface area contributed by atoms with Crippen LogP contribution in [0.1, 0.15) is 247 Å². The fourth-order valence-corrected chi connectivity index (χ4v) is 6.85. The van der Waals surface area contributed by atoms with Gasteiger partial charge in [-0.25, -0.2) is 0 Å². The number of esters is 3. The Morgan fingerprint density at radius 3 is 0.981 bits per heavy atom. The third-order valence-electron chi connectivity index (χ3n) is 10.8. The number of hydrogen-bond acceptors (Lipinski definition) is 6. The number of rotatable bonds is 40. The van der Waals surface area contributed by atoms with E-state index < -0.39 is 6.10 Å². The summed E-state index contributed by atoms with van der Waals surface area (Å²) >= 11 is 0. The number of hydrogen-bond donors (Lipinski definition) is 0. The Bertz CT molecular complexity index is 824. The topological polar surface area (TPSA) is 78.9 Å². The molecule has 0 aromatic rings. The maximum atomic E-state index is 12.7. The molecule has 314 valence electrons. The summed E-state index contributed by atoms with van der Waals surface area (Å²) in [7, 11) is 0. The molecule has 0 fully saturated rings. The van der Waals surface area contributed by atoms with E-state index in [1.54, 1.807) is 0 Å². The largest absolute Gasteiger partial charge is 0.462 e. The van der Waals surface area contributed by atoms with Crippen molar-refractivity contribution in [3.63, 3.8) is 0 Å². The summed E-state index contributed by atoms with van der Waals surface area (Å²) in [6.45, 7) is 13.6. The molecule has 0 aliphatic carbocycles. The minimum atomic E-state index is -0.762. The first-order valence-electron chi connectivity index (χ1n) is 23.1. The number of carbonyl (C=O) groups is 3.